The van der Waals surface area contributed by atoms with Gasteiger partial charge in [0.05, 0.1) is 10.6 Å². The standard InChI is InChI=1S/C16H17Br2NO2S/c1-19(12-13-4-2-3-5-16(13)18)10-11-22(20,21)15-8-6-14(17)7-9-15/h2-9H,10-12H2,1H3. The molecule has 0 radical (unpaired) electrons. The van der Waals surface area contributed by atoms with Crippen molar-refractivity contribution in [2.24, 2.45) is 0 Å². The van der Waals surface area contributed by atoms with E-state index in [0.29, 0.717) is 18.0 Å². The van der Waals surface area contributed by atoms with Gasteiger partial charge in [-0.1, -0.05) is 50.1 Å². The van der Waals surface area contributed by atoms with Gasteiger partial charge in [-0.05, 0) is 42.9 Å². The summed E-state index contributed by atoms with van der Waals surface area (Å²) in [4.78, 5) is 2.38. The summed E-state index contributed by atoms with van der Waals surface area (Å²) in [5, 5.41) is 0. The molecular formula is C16H17Br2NO2S. The molecular weight excluding hydrogens is 430 g/mol. The van der Waals surface area contributed by atoms with Crippen LogP contribution in [0.15, 0.2) is 62.4 Å². The summed E-state index contributed by atoms with van der Waals surface area (Å²) in [5.41, 5.74) is 1.14. The molecule has 0 amide bonds. The molecule has 2 aromatic carbocycles. The molecule has 0 saturated carbocycles. The highest BCUT2D eigenvalue weighted by Gasteiger charge is 2.15. The lowest BCUT2D eigenvalue weighted by Crippen LogP contribution is -2.25. The van der Waals surface area contributed by atoms with Crippen LogP contribution in [0.1, 0.15) is 5.56 Å². The molecule has 118 valence electrons. The van der Waals surface area contributed by atoms with Crippen LogP contribution >= 0.6 is 31.9 Å². The van der Waals surface area contributed by atoms with E-state index in [4.69, 9.17) is 0 Å². The molecule has 6 heteroatoms. The molecule has 0 saturated heterocycles. The van der Waals surface area contributed by atoms with Gasteiger partial charge in [-0.15, -0.1) is 0 Å². The van der Waals surface area contributed by atoms with Crippen molar-refractivity contribution in [3.63, 3.8) is 0 Å². The number of hydrogen-bond donors (Lipinski definition) is 0. The van der Waals surface area contributed by atoms with E-state index >= 15 is 0 Å². The third kappa shape index (κ3) is 4.91. The smallest absolute Gasteiger partial charge is 0.179 e. The molecule has 0 spiro atoms. The molecule has 0 bridgehead atoms. The van der Waals surface area contributed by atoms with Gasteiger partial charge < -0.3 is 4.90 Å². The van der Waals surface area contributed by atoms with Crippen LogP contribution in [-0.2, 0) is 16.4 Å². The van der Waals surface area contributed by atoms with Gasteiger partial charge in [0.1, 0.15) is 0 Å². The van der Waals surface area contributed by atoms with Gasteiger partial charge in [-0.25, -0.2) is 8.42 Å². The zero-order chi connectivity index (χ0) is 16.2. The van der Waals surface area contributed by atoms with E-state index in [1.54, 1.807) is 24.3 Å². The number of rotatable bonds is 6. The predicted octanol–water partition coefficient (Wildman–Crippen LogP) is 4.12. The van der Waals surface area contributed by atoms with Crippen LogP contribution in [0, 0.1) is 0 Å². The second-order valence-electron chi connectivity index (χ2n) is 5.10. The molecule has 0 aliphatic rings. The zero-order valence-electron chi connectivity index (χ0n) is 12.2. The molecule has 0 N–H and O–H groups in total. The van der Waals surface area contributed by atoms with Crippen molar-refractivity contribution in [2.75, 3.05) is 19.3 Å². The van der Waals surface area contributed by atoms with Gasteiger partial charge in [-0.3, -0.25) is 0 Å². The van der Waals surface area contributed by atoms with Gasteiger partial charge in [-0.2, -0.15) is 0 Å². The van der Waals surface area contributed by atoms with Gasteiger partial charge in [0.25, 0.3) is 0 Å². The molecule has 0 atom stereocenters. The normalized spacial score (nSPS) is 11.8. The SMILES string of the molecule is CN(CCS(=O)(=O)c1ccc(Br)cc1)Cc1ccccc1Br. The third-order valence-corrected chi connectivity index (χ3v) is 6.33. The third-order valence-electron chi connectivity index (χ3n) is 3.31. The van der Waals surface area contributed by atoms with Crippen LogP contribution in [0.2, 0.25) is 0 Å². The Kier molecular flexibility index (Phi) is 6.20. The summed E-state index contributed by atoms with van der Waals surface area (Å²) in [7, 11) is -1.32. The Morgan fingerprint density at radius 2 is 1.64 bits per heavy atom. The van der Waals surface area contributed by atoms with E-state index in [-0.39, 0.29) is 5.75 Å². The predicted molar refractivity (Wildman–Crippen MR) is 96.7 cm³/mol. The topological polar surface area (TPSA) is 37.4 Å². The molecule has 0 heterocycles. The Bertz CT molecular complexity index is 730. The monoisotopic (exact) mass is 445 g/mol. The largest absolute Gasteiger partial charge is 0.301 e. The number of hydrogen-bond acceptors (Lipinski definition) is 3. The first-order valence-electron chi connectivity index (χ1n) is 6.79. The van der Waals surface area contributed by atoms with E-state index in [1.807, 2.05) is 36.2 Å². The van der Waals surface area contributed by atoms with Gasteiger partial charge in [0.15, 0.2) is 9.84 Å². The Morgan fingerprint density at radius 1 is 1.00 bits per heavy atom. The molecule has 0 aliphatic carbocycles. The Labute approximate surface area is 148 Å². The summed E-state index contributed by atoms with van der Waals surface area (Å²) in [6.45, 7) is 1.19. The van der Waals surface area contributed by atoms with E-state index in [2.05, 4.69) is 31.9 Å². The van der Waals surface area contributed by atoms with E-state index < -0.39 is 9.84 Å². The first kappa shape index (κ1) is 17.7. The minimum absolute atomic E-state index is 0.107. The number of benzene rings is 2. The molecule has 0 unspecified atom stereocenters. The second-order valence-corrected chi connectivity index (χ2v) is 8.98. The van der Waals surface area contributed by atoms with Crippen molar-refractivity contribution in [1.82, 2.24) is 4.90 Å². The van der Waals surface area contributed by atoms with E-state index in [9.17, 15) is 8.42 Å². The number of halogens is 2. The fourth-order valence-corrected chi connectivity index (χ4v) is 4.05. The van der Waals surface area contributed by atoms with Crippen LogP contribution in [-0.4, -0.2) is 32.7 Å². The van der Waals surface area contributed by atoms with Crippen molar-refractivity contribution in [2.45, 2.75) is 11.4 Å². The van der Waals surface area contributed by atoms with Crippen LogP contribution in [0.5, 0.6) is 0 Å². The van der Waals surface area contributed by atoms with Gasteiger partial charge in [0.2, 0.25) is 0 Å². The molecule has 2 rings (SSSR count). The minimum Gasteiger partial charge on any atom is -0.301 e. The van der Waals surface area contributed by atoms with Crippen molar-refractivity contribution in [3.8, 4) is 0 Å². The average molecular weight is 447 g/mol. The second kappa shape index (κ2) is 7.73. The van der Waals surface area contributed by atoms with E-state index in [1.165, 1.54) is 0 Å². The summed E-state index contributed by atoms with van der Waals surface area (Å²) < 4.78 is 26.5. The number of nitrogens with zero attached hydrogens (tertiary/aromatic N) is 1. The molecule has 0 aromatic heterocycles. The Balaban J connectivity index is 1.97. The molecule has 22 heavy (non-hydrogen) atoms. The van der Waals surface area contributed by atoms with Crippen molar-refractivity contribution >= 4 is 41.7 Å². The minimum atomic E-state index is -3.25. The first-order chi connectivity index (χ1) is 10.4. The average Bonchev–Trinajstić information content (AvgIpc) is 2.48. The van der Waals surface area contributed by atoms with Crippen molar-refractivity contribution in [1.29, 1.82) is 0 Å². The van der Waals surface area contributed by atoms with E-state index in [0.717, 1.165) is 14.5 Å². The zero-order valence-corrected chi connectivity index (χ0v) is 16.2. The fraction of sp³-hybridized carbons (Fsp3) is 0.250. The summed E-state index contributed by atoms with van der Waals surface area (Å²) in [5.74, 6) is 0.107. The lowest BCUT2D eigenvalue weighted by atomic mass is 10.2. The highest BCUT2D eigenvalue weighted by Crippen LogP contribution is 2.18. The molecule has 3 nitrogen and oxygen atoms in total. The summed E-state index contributed by atoms with van der Waals surface area (Å²) in [6.07, 6.45) is 0. The van der Waals surface area contributed by atoms with Crippen molar-refractivity contribution < 1.29 is 8.42 Å². The van der Waals surface area contributed by atoms with Crippen molar-refractivity contribution in [3.05, 3.63) is 63.0 Å². The summed E-state index contributed by atoms with van der Waals surface area (Å²) in [6, 6.07) is 14.7. The summed E-state index contributed by atoms with van der Waals surface area (Å²) >= 11 is 6.82. The highest BCUT2D eigenvalue weighted by atomic mass is 79.9. The Hall–Kier alpha value is -0.690. The first-order valence-corrected chi connectivity index (χ1v) is 10.0. The highest BCUT2D eigenvalue weighted by molar-refractivity contribution is 9.10. The lowest BCUT2D eigenvalue weighted by molar-refractivity contribution is 0.345. The Morgan fingerprint density at radius 3 is 2.27 bits per heavy atom. The van der Waals surface area contributed by atoms with Gasteiger partial charge in [0, 0.05) is 22.0 Å². The van der Waals surface area contributed by atoms with Gasteiger partial charge >= 0.3 is 0 Å². The maximum atomic E-state index is 12.3. The molecule has 0 fully saturated rings. The fourth-order valence-electron chi connectivity index (χ4n) is 2.03. The maximum absolute atomic E-state index is 12.3. The lowest BCUT2D eigenvalue weighted by Gasteiger charge is -2.17. The maximum Gasteiger partial charge on any atom is 0.179 e. The van der Waals surface area contributed by atoms with Crippen LogP contribution in [0.25, 0.3) is 0 Å². The number of sulfone groups is 1. The quantitative estimate of drug-likeness (QED) is 0.669. The molecule has 0 aliphatic heterocycles. The van der Waals surface area contributed by atoms with Crippen LogP contribution < -0.4 is 0 Å². The van der Waals surface area contributed by atoms with Crippen LogP contribution in [0.3, 0.4) is 0 Å². The van der Waals surface area contributed by atoms with Crippen LogP contribution in [0.4, 0.5) is 0 Å². The molecule has 2 aromatic rings.